The predicted molar refractivity (Wildman–Crippen MR) is 95.3 cm³/mol. The molecule has 25 heavy (non-hydrogen) atoms. The normalized spacial score (nSPS) is 16.8. The molecule has 5 nitrogen and oxygen atoms in total. The number of benzene rings is 3. The second-order valence-corrected chi connectivity index (χ2v) is 7.79. The lowest BCUT2D eigenvalue weighted by molar-refractivity contribution is -0.138. The molecule has 1 N–H and O–H groups in total. The van der Waals surface area contributed by atoms with Crippen LogP contribution in [-0.4, -0.2) is 26.0 Å². The highest BCUT2D eigenvalue weighted by molar-refractivity contribution is 7.93. The number of para-hydroxylation sites is 1. The number of rotatable bonds is 3. The average Bonchev–Trinajstić information content (AvgIpc) is 3.02. The molecule has 0 saturated carbocycles. The molecule has 1 unspecified atom stereocenters. The Balaban J connectivity index is 1.91. The summed E-state index contributed by atoms with van der Waals surface area (Å²) < 4.78 is 27.8. The van der Waals surface area contributed by atoms with E-state index in [0.717, 1.165) is 5.39 Å². The van der Waals surface area contributed by atoms with E-state index in [-0.39, 0.29) is 11.4 Å². The largest absolute Gasteiger partial charge is 0.481 e. The summed E-state index contributed by atoms with van der Waals surface area (Å²) in [7, 11) is -3.88. The first-order valence-corrected chi connectivity index (χ1v) is 9.26. The Labute approximate surface area is 145 Å². The highest BCUT2D eigenvalue weighted by Gasteiger charge is 2.40. The third-order valence-corrected chi connectivity index (χ3v) is 6.38. The molecule has 6 heteroatoms. The molecule has 1 heterocycles. The van der Waals surface area contributed by atoms with Crippen LogP contribution in [-0.2, 0) is 14.8 Å². The van der Waals surface area contributed by atoms with Crippen molar-refractivity contribution in [1.82, 2.24) is 0 Å². The first-order chi connectivity index (χ1) is 12.0. The second kappa shape index (κ2) is 5.60. The van der Waals surface area contributed by atoms with Crippen LogP contribution in [0.2, 0.25) is 0 Å². The molecule has 4 rings (SSSR count). The molecule has 0 aliphatic carbocycles. The van der Waals surface area contributed by atoms with Crippen molar-refractivity contribution in [3.8, 4) is 0 Å². The lowest BCUT2D eigenvalue weighted by Crippen LogP contribution is -2.31. The van der Waals surface area contributed by atoms with Crippen molar-refractivity contribution < 1.29 is 18.3 Å². The van der Waals surface area contributed by atoms with Crippen molar-refractivity contribution in [2.45, 2.75) is 10.8 Å². The molecular weight excluding hydrogens is 338 g/mol. The van der Waals surface area contributed by atoms with Crippen LogP contribution in [0.25, 0.3) is 10.8 Å². The molecule has 0 saturated heterocycles. The van der Waals surface area contributed by atoms with Gasteiger partial charge in [-0.1, -0.05) is 54.6 Å². The van der Waals surface area contributed by atoms with Crippen LogP contribution < -0.4 is 4.31 Å². The molecule has 1 aliphatic rings. The molecule has 3 aromatic rings. The summed E-state index contributed by atoms with van der Waals surface area (Å²) >= 11 is 0. The number of anilines is 1. The quantitative estimate of drug-likeness (QED) is 0.784. The molecule has 0 spiro atoms. The highest BCUT2D eigenvalue weighted by Crippen LogP contribution is 2.40. The number of hydrogen-bond donors (Lipinski definition) is 1. The topological polar surface area (TPSA) is 74.7 Å². The van der Waals surface area contributed by atoms with E-state index in [4.69, 9.17) is 0 Å². The van der Waals surface area contributed by atoms with Crippen molar-refractivity contribution in [3.05, 3.63) is 72.3 Å². The lowest BCUT2D eigenvalue weighted by Gasteiger charge is -2.20. The minimum Gasteiger partial charge on any atom is -0.481 e. The first-order valence-electron chi connectivity index (χ1n) is 7.82. The number of hydrogen-bond acceptors (Lipinski definition) is 3. The molecule has 1 atom stereocenters. The molecule has 0 amide bonds. The summed E-state index contributed by atoms with van der Waals surface area (Å²) in [6.07, 6.45) is 0. The van der Waals surface area contributed by atoms with Gasteiger partial charge in [-0.2, -0.15) is 0 Å². The Hall–Kier alpha value is -2.86. The van der Waals surface area contributed by atoms with Gasteiger partial charge in [-0.05, 0) is 23.1 Å². The number of carboxylic acid groups (broad SMARTS) is 1. The molecule has 3 aromatic carbocycles. The average molecular weight is 353 g/mol. The van der Waals surface area contributed by atoms with Gasteiger partial charge in [0, 0.05) is 5.39 Å². The van der Waals surface area contributed by atoms with Crippen LogP contribution in [0.5, 0.6) is 0 Å². The summed E-state index contributed by atoms with van der Waals surface area (Å²) in [6.45, 7) is -0.0970. The van der Waals surface area contributed by atoms with Crippen LogP contribution in [0.3, 0.4) is 0 Å². The van der Waals surface area contributed by atoms with E-state index in [1.807, 2.05) is 18.2 Å². The van der Waals surface area contributed by atoms with E-state index in [1.54, 1.807) is 48.5 Å². The van der Waals surface area contributed by atoms with Crippen LogP contribution in [0.1, 0.15) is 11.5 Å². The zero-order chi connectivity index (χ0) is 17.6. The number of fused-ring (bicyclic) bond motifs is 2. The number of sulfonamides is 1. The monoisotopic (exact) mass is 353 g/mol. The van der Waals surface area contributed by atoms with Gasteiger partial charge in [0.25, 0.3) is 10.0 Å². The van der Waals surface area contributed by atoms with Crippen LogP contribution in [0.4, 0.5) is 5.69 Å². The number of carboxylic acids is 1. The SMILES string of the molecule is O=C(O)C1CN(S(=O)(=O)c2cccc3ccccc23)c2ccccc21. The summed E-state index contributed by atoms with van der Waals surface area (Å²) in [5.41, 5.74) is 0.960. The van der Waals surface area contributed by atoms with Gasteiger partial charge in [0.2, 0.25) is 0 Å². The Bertz CT molecular complexity index is 1090. The molecule has 126 valence electrons. The van der Waals surface area contributed by atoms with Gasteiger partial charge in [-0.15, -0.1) is 0 Å². The van der Waals surface area contributed by atoms with Gasteiger partial charge in [0.05, 0.1) is 17.1 Å². The van der Waals surface area contributed by atoms with Crippen molar-refractivity contribution >= 4 is 32.5 Å². The number of carbonyl (C=O) groups is 1. The smallest absolute Gasteiger partial charge is 0.312 e. The molecule has 0 fully saturated rings. The van der Waals surface area contributed by atoms with Crippen molar-refractivity contribution in [3.63, 3.8) is 0 Å². The minimum absolute atomic E-state index is 0.0970. The van der Waals surface area contributed by atoms with E-state index >= 15 is 0 Å². The fourth-order valence-corrected chi connectivity index (χ4v) is 5.07. The van der Waals surface area contributed by atoms with Gasteiger partial charge in [-0.25, -0.2) is 8.42 Å². The third-order valence-electron chi connectivity index (χ3n) is 4.55. The molecule has 0 aromatic heterocycles. The van der Waals surface area contributed by atoms with Crippen molar-refractivity contribution in [1.29, 1.82) is 0 Å². The lowest BCUT2D eigenvalue weighted by atomic mass is 10.0. The van der Waals surface area contributed by atoms with Gasteiger partial charge >= 0.3 is 5.97 Å². The Morgan fingerprint density at radius 1 is 0.960 bits per heavy atom. The maximum Gasteiger partial charge on any atom is 0.312 e. The maximum absolute atomic E-state index is 13.3. The Kier molecular flexibility index (Phi) is 3.51. The van der Waals surface area contributed by atoms with Gasteiger partial charge in [-0.3, -0.25) is 9.10 Å². The molecule has 0 bridgehead atoms. The van der Waals surface area contributed by atoms with E-state index in [2.05, 4.69) is 0 Å². The predicted octanol–water partition coefficient (Wildman–Crippen LogP) is 3.22. The van der Waals surface area contributed by atoms with Gasteiger partial charge in [0.15, 0.2) is 0 Å². The summed E-state index contributed by atoms with van der Waals surface area (Å²) in [5, 5.41) is 10.9. The molecular formula is C19H15NO4S. The van der Waals surface area contributed by atoms with Gasteiger partial charge < -0.3 is 5.11 Å². The first kappa shape index (κ1) is 15.7. The van der Waals surface area contributed by atoms with E-state index in [9.17, 15) is 18.3 Å². The van der Waals surface area contributed by atoms with Gasteiger partial charge in [0.1, 0.15) is 5.92 Å². The zero-order valence-corrected chi connectivity index (χ0v) is 14.0. The van der Waals surface area contributed by atoms with E-state index < -0.39 is 21.9 Å². The third kappa shape index (κ3) is 2.37. The highest BCUT2D eigenvalue weighted by atomic mass is 32.2. The van der Waals surface area contributed by atoms with E-state index in [1.165, 1.54) is 4.31 Å². The van der Waals surface area contributed by atoms with Crippen molar-refractivity contribution in [2.75, 3.05) is 10.8 Å². The van der Waals surface area contributed by atoms with E-state index in [0.29, 0.717) is 16.6 Å². The number of aliphatic carboxylic acids is 1. The summed E-state index contributed by atoms with van der Waals surface area (Å²) in [5.74, 6) is -1.89. The second-order valence-electron chi connectivity index (χ2n) is 5.96. The summed E-state index contributed by atoms with van der Waals surface area (Å²) in [6, 6.07) is 19.1. The minimum atomic E-state index is -3.88. The fraction of sp³-hybridized carbons (Fsp3) is 0.105. The van der Waals surface area contributed by atoms with Crippen LogP contribution >= 0.6 is 0 Å². The standard InChI is InChI=1S/C19H15NO4S/c21-19(22)16-12-20(17-10-4-3-9-15(16)17)25(23,24)18-11-5-7-13-6-1-2-8-14(13)18/h1-11,16H,12H2,(H,21,22). The van der Waals surface area contributed by atoms with Crippen LogP contribution in [0, 0.1) is 0 Å². The molecule has 0 radical (unpaired) electrons. The maximum atomic E-state index is 13.3. The van der Waals surface area contributed by atoms with Crippen LogP contribution in [0.15, 0.2) is 71.6 Å². The fourth-order valence-electron chi connectivity index (χ4n) is 3.35. The Morgan fingerprint density at radius 2 is 1.64 bits per heavy atom. The summed E-state index contributed by atoms with van der Waals surface area (Å²) in [4.78, 5) is 11.8. The Morgan fingerprint density at radius 3 is 2.44 bits per heavy atom. The van der Waals surface area contributed by atoms with Crippen molar-refractivity contribution in [2.24, 2.45) is 0 Å². The zero-order valence-electron chi connectivity index (χ0n) is 13.2. The number of nitrogens with zero attached hydrogens (tertiary/aromatic N) is 1. The molecule has 1 aliphatic heterocycles.